The van der Waals surface area contributed by atoms with Crippen molar-refractivity contribution in [1.29, 1.82) is 0 Å². The molecule has 5 heteroatoms. The van der Waals surface area contributed by atoms with Gasteiger partial charge in [0.15, 0.2) is 5.16 Å². The van der Waals surface area contributed by atoms with Crippen LogP contribution in [0.2, 0.25) is 0 Å². The quantitative estimate of drug-likeness (QED) is 0.740. The van der Waals surface area contributed by atoms with E-state index in [4.69, 9.17) is 5.73 Å². The van der Waals surface area contributed by atoms with Crippen molar-refractivity contribution in [3.8, 4) is 0 Å². The molecule has 1 aromatic carbocycles. The van der Waals surface area contributed by atoms with Gasteiger partial charge in [-0.05, 0) is 29.5 Å². The second-order valence-corrected chi connectivity index (χ2v) is 4.94. The highest BCUT2D eigenvalue weighted by Gasteiger charge is 2.10. The SMILES string of the molecule is NCc1cnc2ccccc2c1Sc1ncccn1. The van der Waals surface area contributed by atoms with E-state index >= 15 is 0 Å². The zero-order valence-electron chi connectivity index (χ0n) is 10.2. The molecule has 0 unspecified atom stereocenters. The van der Waals surface area contributed by atoms with Crippen molar-refractivity contribution in [2.24, 2.45) is 5.73 Å². The third kappa shape index (κ3) is 2.43. The Balaban J connectivity index is 2.15. The summed E-state index contributed by atoms with van der Waals surface area (Å²) in [6, 6.07) is 9.82. The molecule has 4 nitrogen and oxygen atoms in total. The van der Waals surface area contributed by atoms with Crippen molar-refractivity contribution >= 4 is 22.7 Å². The van der Waals surface area contributed by atoms with Crippen LogP contribution in [0.5, 0.6) is 0 Å². The molecule has 0 aliphatic carbocycles. The molecule has 19 heavy (non-hydrogen) atoms. The molecule has 0 aliphatic heterocycles. The summed E-state index contributed by atoms with van der Waals surface area (Å²) in [6.07, 6.45) is 5.30. The highest BCUT2D eigenvalue weighted by Crippen LogP contribution is 2.33. The number of nitrogens with two attached hydrogens (primary N) is 1. The van der Waals surface area contributed by atoms with Gasteiger partial charge in [-0.15, -0.1) is 0 Å². The third-order valence-electron chi connectivity index (χ3n) is 2.76. The van der Waals surface area contributed by atoms with Gasteiger partial charge in [0.05, 0.1) is 5.52 Å². The largest absolute Gasteiger partial charge is 0.326 e. The van der Waals surface area contributed by atoms with Crippen LogP contribution >= 0.6 is 11.8 Å². The lowest BCUT2D eigenvalue weighted by atomic mass is 10.1. The van der Waals surface area contributed by atoms with Gasteiger partial charge < -0.3 is 5.73 Å². The van der Waals surface area contributed by atoms with Crippen molar-refractivity contribution in [3.63, 3.8) is 0 Å². The maximum Gasteiger partial charge on any atom is 0.192 e. The zero-order valence-corrected chi connectivity index (χ0v) is 11.0. The smallest absolute Gasteiger partial charge is 0.192 e. The minimum absolute atomic E-state index is 0.451. The Kier molecular flexibility index (Phi) is 3.39. The second-order valence-electron chi connectivity index (χ2n) is 3.97. The van der Waals surface area contributed by atoms with Gasteiger partial charge in [-0.1, -0.05) is 18.2 Å². The minimum atomic E-state index is 0.451. The van der Waals surface area contributed by atoms with Crippen molar-refractivity contribution in [1.82, 2.24) is 15.0 Å². The van der Waals surface area contributed by atoms with Gasteiger partial charge in [0.25, 0.3) is 0 Å². The van der Waals surface area contributed by atoms with Gasteiger partial charge in [-0.2, -0.15) is 0 Å². The lowest BCUT2D eigenvalue weighted by molar-refractivity contribution is 0.960. The molecule has 94 valence electrons. The normalized spacial score (nSPS) is 10.8. The van der Waals surface area contributed by atoms with E-state index in [2.05, 4.69) is 15.0 Å². The average molecular weight is 268 g/mol. The molecule has 3 rings (SSSR count). The topological polar surface area (TPSA) is 64.7 Å². The van der Waals surface area contributed by atoms with Gasteiger partial charge >= 0.3 is 0 Å². The van der Waals surface area contributed by atoms with E-state index in [-0.39, 0.29) is 0 Å². The summed E-state index contributed by atoms with van der Waals surface area (Å²) in [5.41, 5.74) is 7.77. The first kappa shape index (κ1) is 12.1. The average Bonchev–Trinajstić information content (AvgIpc) is 2.49. The standard InChI is InChI=1S/C14H12N4S/c15-8-10-9-18-12-5-2-1-4-11(12)13(10)19-14-16-6-3-7-17-14/h1-7,9H,8,15H2. The number of hydrogen-bond donors (Lipinski definition) is 1. The third-order valence-corrected chi connectivity index (χ3v) is 3.83. The Bertz CT molecular complexity index is 700. The number of nitrogens with zero attached hydrogens (tertiary/aromatic N) is 3. The van der Waals surface area contributed by atoms with Crippen LogP contribution in [0.1, 0.15) is 5.56 Å². The predicted molar refractivity (Wildman–Crippen MR) is 75.8 cm³/mol. The molecule has 2 heterocycles. The van der Waals surface area contributed by atoms with Crippen molar-refractivity contribution in [2.45, 2.75) is 16.6 Å². The van der Waals surface area contributed by atoms with Gasteiger partial charge in [0, 0.05) is 35.4 Å². The van der Waals surface area contributed by atoms with Crippen molar-refractivity contribution in [2.75, 3.05) is 0 Å². The second kappa shape index (κ2) is 5.34. The minimum Gasteiger partial charge on any atom is -0.326 e. The molecular weight excluding hydrogens is 256 g/mol. The summed E-state index contributed by atoms with van der Waals surface area (Å²) >= 11 is 1.53. The first-order chi connectivity index (χ1) is 9.38. The number of rotatable bonds is 3. The molecule has 0 bridgehead atoms. The summed E-state index contributed by atoms with van der Waals surface area (Å²) in [5, 5.41) is 1.80. The first-order valence-corrected chi connectivity index (χ1v) is 6.71. The Hall–Kier alpha value is -1.98. The fraction of sp³-hybridized carbons (Fsp3) is 0.0714. The molecule has 2 aromatic heterocycles. The number of hydrogen-bond acceptors (Lipinski definition) is 5. The van der Waals surface area contributed by atoms with Crippen LogP contribution in [0, 0.1) is 0 Å². The number of fused-ring (bicyclic) bond motifs is 1. The molecule has 0 atom stereocenters. The van der Waals surface area contributed by atoms with Crippen LogP contribution in [0.15, 0.2) is 59.0 Å². The van der Waals surface area contributed by atoms with E-state index in [0.717, 1.165) is 21.4 Å². The molecule has 0 amide bonds. The van der Waals surface area contributed by atoms with Crippen molar-refractivity contribution in [3.05, 3.63) is 54.5 Å². The van der Waals surface area contributed by atoms with Gasteiger partial charge in [0.1, 0.15) is 0 Å². The summed E-state index contributed by atoms with van der Waals surface area (Å²) in [7, 11) is 0. The first-order valence-electron chi connectivity index (χ1n) is 5.90. The Labute approximate surface area is 115 Å². The maximum atomic E-state index is 5.80. The van der Waals surface area contributed by atoms with E-state index < -0.39 is 0 Å². The van der Waals surface area contributed by atoms with E-state index in [0.29, 0.717) is 11.7 Å². The number of para-hydroxylation sites is 1. The lowest BCUT2D eigenvalue weighted by Gasteiger charge is -2.09. The monoisotopic (exact) mass is 268 g/mol. The fourth-order valence-corrected chi connectivity index (χ4v) is 2.81. The van der Waals surface area contributed by atoms with E-state index in [1.165, 1.54) is 11.8 Å². The van der Waals surface area contributed by atoms with Gasteiger partial charge in [-0.3, -0.25) is 4.98 Å². The van der Waals surface area contributed by atoms with Gasteiger partial charge in [-0.25, -0.2) is 9.97 Å². The van der Waals surface area contributed by atoms with Crippen molar-refractivity contribution < 1.29 is 0 Å². The van der Waals surface area contributed by atoms with Crippen LogP contribution in [-0.4, -0.2) is 15.0 Å². The number of benzene rings is 1. The molecule has 0 spiro atoms. The molecule has 3 aromatic rings. The van der Waals surface area contributed by atoms with Crippen LogP contribution in [-0.2, 0) is 6.54 Å². The van der Waals surface area contributed by atoms with Crippen LogP contribution in [0.4, 0.5) is 0 Å². The van der Waals surface area contributed by atoms with E-state index in [1.54, 1.807) is 18.5 Å². The lowest BCUT2D eigenvalue weighted by Crippen LogP contribution is -2.00. The van der Waals surface area contributed by atoms with Crippen LogP contribution in [0.25, 0.3) is 10.9 Å². The van der Waals surface area contributed by atoms with E-state index in [9.17, 15) is 0 Å². The van der Waals surface area contributed by atoms with Crippen LogP contribution in [0.3, 0.4) is 0 Å². The summed E-state index contributed by atoms with van der Waals surface area (Å²) < 4.78 is 0. The molecule has 0 saturated carbocycles. The molecule has 2 N–H and O–H groups in total. The number of aromatic nitrogens is 3. The molecule has 0 fully saturated rings. The summed E-state index contributed by atoms with van der Waals surface area (Å²) in [5.74, 6) is 0. The fourth-order valence-electron chi connectivity index (χ4n) is 1.85. The van der Waals surface area contributed by atoms with Crippen LogP contribution < -0.4 is 5.73 Å². The zero-order chi connectivity index (χ0) is 13.1. The summed E-state index contributed by atoms with van der Waals surface area (Å²) in [6.45, 7) is 0.451. The molecule has 0 radical (unpaired) electrons. The van der Waals surface area contributed by atoms with Gasteiger partial charge in [0.2, 0.25) is 0 Å². The summed E-state index contributed by atoms with van der Waals surface area (Å²) in [4.78, 5) is 14.0. The maximum absolute atomic E-state index is 5.80. The molecular formula is C14H12N4S. The number of pyridine rings is 1. The van der Waals surface area contributed by atoms with E-state index in [1.807, 2.05) is 30.5 Å². The molecule has 0 aliphatic rings. The Morgan fingerprint density at radius 1 is 1.00 bits per heavy atom. The highest BCUT2D eigenvalue weighted by molar-refractivity contribution is 7.99. The highest BCUT2D eigenvalue weighted by atomic mass is 32.2. The Morgan fingerprint density at radius 3 is 2.58 bits per heavy atom. The molecule has 0 saturated heterocycles. The Morgan fingerprint density at radius 2 is 1.79 bits per heavy atom. The predicted octanol–water partition coefficient (Wildman–Crippen LogP) is 2.63.